The second-order valence-electron chi connectivity index (χ2n) is 0.491. The van der Waals surface area contributed by atoms with Crippen LogP contribution in [0.5, 0.6) is 0 Å². The van der Waals surface area contributed by atoms with Crippen molar-refractivity contribution in [3.8, 4) is 0 Å². The summed E-state index contributed by atoms with van der Waals surface area (Å²) in [5, 5.41) is 0. The number of hydrogen-bond acceptors (Lipinski definition) is 2. The predicted molar refractivity (Wildman–Crippen MR) is 17.0 cm³/mol. The van der Waals surface area contributed by atoms with Gasteiger partial charge in [-0.15, -0.1) is 0 Å². The zero-order chi connectivity index (χ0) is 4.50. The molecule has 0 aromatic heterocycles. The van der Waals surface area contributed by atoms with Gasteiger partial charge in [-0.1, -0.05) is 0 Å². The summed E-state index contributed by atoms with van der Waals surface area (Å²) in [5.41, 5.74) is 0. The second-order valence-corrected chi connectivity index (χ2v) is 4.65. The molecule has 0 aliphatic rings. The summed E-state index contributed by atoms with van der Waals surface area (Å²) < 4.78 is 9.19. The van der Waals surface area contributed by atoms with E-state index in [1.807, 2.05) is 0 Å². The molecule has 0 heterocycles. The van der Waals surface area contributed by atoms with Crippen LogP contribution in [0.15, 0.2) is 0 Å². The van der Waals surface area contributed by atoms with E-state index in [9.17, 15) is 9.46 Å². The molecular formula is H2O3PSe-. The van der Waals surface area contributed by atoms with Crippen LogP contribution in [0.1, 0.15) is 0 Å². The van der Waals surface area contributed by atoms with Crippen molar-refractivity contribution in [1.29, 1.82) is 0 Å². The average Bonchev–Trinajstić information content (AvgIpc) is 0.722. The quantitative estimate of drug-likeness (QED) is 0.341. The van der Waals surface area contributed by atoms with E-state index in [-0.39, 0.29) is 0 Å². The Morgan fingerprint density at radius 2 is 2.00 bits per heavy atom. The fourth-order valence-electron chi connectivity index (χ4n) is 0. The monoisotopic (exact) mass is 161 g/mol. The van der Waals surface area contributed by atoms with Crippen molar-refractivity contribution in [2.24, 2.45) is 0 Å². The molecule has 0 saturated carbocycles. The summed E-state index contributed by atoms with van der Waals surface area (Å²) >= 11 is 1.14. The number of rotatable bonds is 0. The molecule has 0 aromatic rings. The van der Waals surface area contributed by atoms with Crippen LogP contribution in [-0.4, -0.2) is 20.5 Å². The molecule has 0 spiro atoms. The minimum absolute atomic E-state index is 1.14. The molecule has 3 nitrogen and oxygen atoms in total. The Hall–Kier alpha value is 0.669. The fourth-order valence-corrected chi connectivity index (χ4v) is 0. The van der Waals surface area contributed by atoms with Crippen LogP contribution < -0.4 is 4.89 Å². The van der Waals surface area contributed by atoms with Gasteiger partial charge in [-0.2, -0.15) is 0 Å². The van der Waals surface area contributed by atoms with Crippen molar-refractivity contribution in [1.82, 2.24) is 0 Å². The van der Waals surface area contributed by atoms with Crippen LogP contribution in [0.4, 0.5) is 0 Å². The van der Waals surface area contributed by atoms with E-state index in [0.717, 1.165) is 15.6 Å². The molecule has 0 aromatic carbocycles. The molecule has 0 aliphatic carbocycles. The molecule has 5 heavy (non-hydrogen) atoms. The van der Waals surface area contributed by atoms with Gasteiger partial charge in [0.25, 0.3) is 0 Å². The fraction of sp³-hybridized carbons (Fsp3) is 0. The zero-order valence-electron chi connectivity index (χ0n) is 2.16. The third-order valence-electron chi connectivity index (χ3n) is 0. The Morgan fingerprint density at radius 1 is 2.00 bits per heavy atom. The summed E-state index contributed by atoms with van der Waals surface area (Å²) in [6.07, 6.45) is -3.95. The molecule has 0 fully saturated rings. The van der Waals surface area contributed by atoms with Crippen molar-refractivity contribution < 1.29 is 14.4 Å². The Balaban J connectivity index is 3.47. The van der Waals surface area contributed by atoms with E-state index in [0.29, 0.717) is 0 Å². The Kier molecular flexibility index (Phi) is 1.60. The first-order valence-electron chi connectivity index (χ1n) is 0.765. The van der Waals surface area contributed by atoms with Crippen molar-refractivity contribution >= 4 is 21.9 Å². The third kappa shape index (κ3) is 74.2. The molecule has 5 heteroatoms. The molecule has 0 aliphatic heterocycles. The summed E-state index contributed by atoms with van der Waals surface area (Å²) in [6, 6.07) is 0. The van der Waals surface area contributed by atoms with Gasteiger partial charge >= 0.3 is 36.2 Å². The van der Waals surface area contributed by atoms with Crippen LogP contribution in [0.25, 0.3) is 0 Å². The van der Waals surface area contributed by atoms with Crippen LogP contribution in [0.2, 0.25) is 0 Å². The minimum atomic E-state index is -3.95. The SMILES string of the molecule is O=P([O-])(O)[SeH]. The molecule has 0 amide bonds. The van der Waals surface area contributed by atoms with Gasteiger partial charge in [-0.3, -0.25) is 0 Å². The maximum atomic E-state index is 9.19. The van der Waals surface area contributed by atoms with E-state index in [1.54, 1.807) is 0 Å². The topological polar surface area (TPSA) is 60.4 Å². The molecule has 0 bridgehead atoms. The first-order valence-corrected chi connectivity index (χ1v) is 4.81. The van der Waals surface area contributed by atoms with Gasteiger partial charge < -0.3 is 0 Å². The van der Waals surface area contributed by atoms with E-state index in [2.05, 4.69) is 0 Å². The maximum absolute atomic E-state index is 9.19. The first kappa shape index (κ1) is 5.67. The third-order valence-corrected chi connectivity index (χ3v) is 0. The van der Waals surface area contributed by atoms with E-state index in [4.69, 9.17) is 4.89 Å². The average molecular weight is 160 g/mol. The molecule has 1 N–H and O–H groups in total. The summed E-state index contributed by atoms with van der Waals surface area (Å²) in [4.78, 5) is 16.7. The standard InChI is InChI=1S/H3O3PSe/c1-4(2,3)5/h(H3,1,2,3,5)/p-1. The molecular weight excluding hydrogens is 158 g/mol. The van der Waals surface area contributed by atoms with Crippen molar-refractivity contribution in [2.45, 2.75) is 0 Å². The predicted octanol–water partition coefficient (Wildman–Crippen LogP) is -1.65. The molecule has 0 rings (SSSR count). The van der Waals surface area contributed by atoms with Crippen LogP contribution in [0.3, 0.4) is 0 Å². The first-order chi connectivity index (χ1) is 2.00. The van der Waals surface area contributed by atoms with Crippen molar-refractivity contribution in [3.05, 3.63) is 0 Å². The van der Waals surface area contributed by atoms with Crippen LogP contribution in [-0.2, 0) is 4.57 Å². The normalized spacial score (nSPS) is 21.4. The van der Waals surface area contributed by atoms with Crippen LogP contribution in [0, 0.1) is 0 Å². The van der Waals surface area contributed by atoms with E-state index in [1.165, 1.54) is 0 Å². The van der Waals surface area contributed by atoms with Gasteiger partial charge in [-0.25, -0.2) is 0 Å². The van der Waals surface area contributed by atoms with E-state index >= 15 is 0 Å². The van der Waals surface area contributed by atoms with Gasteiger partial charge in [-0.05, 0) is 0 Å². The van der Waals surface area contributed by atoms with Crippen molar-refractivity contribution in [3.63, 3.8) is 0 Å². The number of hydrogen-bond donors (Lipinski definition) is 1. The van der Waals surface area contributed by atoms with Gasteiger partial charge in [0.2, 0.25) is 0 Å². The molecule has 0 radical (unpaired) electrons. The second kappa shape index (κ2) is 1.41. The van der Waals surface area contributed by atoms with Gasteiger partial charge in [0, 0.05) is 0 Å². The molecule has 0 saturated heterocycles. The Morgan fingerprint density at radius 3 is 2.00 bits per heavy atom. The zero-order valence-corrected chi connectivity index (χ0v) is 4.93. The summed E-state index contributed by atoms with van der Waals surface area (Å²) in [6.45, 7) is 0. The van der Waals surface area contributed by atoms with Gasteiger partial charge in [0.1, 0.15) is 0 Å². The van der Waals surface area contributed by atoms with E-state index < -0.39 is 6.29 Å². The molecule has 1 unspecified atom stereocenters. The van der Waals surface area contributed by atoms with Gasteiger partial charge in [0.15, 0.2) is 0 Å². The Labute approximate surface area is 37.0 Å². The van der Waals surface area contributed by atoms with Crippen LogP contribution >= 0.6 is 6.29 Å². The van der Waals surface area contributed by atoms with Gasteiger partial charge in [0.05, 0.1) is 0 Å². The molecule has 1 atom stereocenters. The Bertz CT molecular complexity index is 53.0. The summed E-state index contributed by atoms with van der Waals surface area (Å²) in [7, 11) is 0. The summed E-state index contributed by atoms with van der Waals surface area (Å²) in [5.74, 6) is 0. The molecule has 32 valence electrons. The van der Waals surface area contributed by atoms with Crippen molar-refractivity contribution in [2.75, 3.05) is 0 Å².